The molecule has 0 spiro atoms. The highest BCUT2D eigenvalue weighted by Gasteiger charge is 2.52. The van der Waals surface area contributed by atoms with E-state index >= 15 is 0 Å². The standard InChI is InChI=1S/C19H19NO2/c1-14-17(21)12-13-19(14,15-8-4-2-5-9-15)18(22)20-16-10-6-3-7-11-16/h2-11,14H,12-13H2,1H3,(H,20,22)/t14-,19-/m1/s1. The molecule has 1 aliphatic rings. The average molecular weight is 293 g/mol. The first-order valence-corrected chi connectivity index (χ1v) is 7.59. The Balaban J connectivity index is 2.00. The molecule has 22 heavy (non-hydrogen) atoms. The number of carbonyl (C=O) groups is 2. The van der Waals surface area contributed by atoms with Gasteiger partial charge in [-0.1, -0.05) is 55.5 Å². The van der Waals surface area contributed by atoms with Gasteiger partial charge >= 0.3 is 0 Å². The van der Waals surface area contributed by atoms with E-state index in [-0.39, 0.29) is 17.6 Å². The van der Waals surface area contributed by atoms with Crippen molar-refractivity contribution in [3.8, 4) is 0 Å². The first-order chi connectivity index (χ1) is 10.6. The van der Waals surface area contributed by atoms with Crippen LogP contribution >= 0.6 is 0 Å². The molecule has 1 aliphatic carbocycles. The van der Waals surface area contributed by atoms with E-state index in [0.717, 1.165) is 11.3 Å². The molecule has 0 unspecified atom stereocenters. The summed E-state index contributed by atoms with van der Waals surface area (Å²) in [5.74, 6) is -0.242. The lowest BCUT2D eigenvalue weighted by molar-refractivity contribution is -0.127. The minimum absolute atomic E-state index is 0.0942. The number of hydrogen-bond donors (Lipinski definition) is 1. The van der Waals surface area contributed by atoms with Crippen molar-refractivity contribution in [2.45, 2.75) is 25.2 Å². The van der Waals surface area contributed by atoms with Gasteiger partial charge < -0.3 is 5.32 Å². The van der Waals surface area contributed by atoms with Gasteiger partial charge in [-0.05, 0) is 24.1 Å². The Hall–Kier alpha value is -2.42. The molecule has 2 aromatic carbocycles. The topological polar surface area (TPSA) is 46.2 Å². The lowest BCUT2D eigenvalue weighted by Crippen LogP contribution is -2.43. The van der Waals surface area contributed by atoms with Crippen LogP contribution < -0.4 is 5.32 Å². The lowest BCUT2D eigenvalue weighted by atomic mass is 9.72. The SMILES string of the molecule is C[C@@H]1C(=O)CC[C@]1(C(=O)Nc1ccccc1)c1ccccc1. The fourth-order valence-corrected chi connectivity index (χ4v) is 3.36. The smallest absolute Gasteiger partial charge is 0.235 e. The first kappa shape index (κ1) is 14.5. The Morgan fingerprint density at radius 3 is 2.18 bits per heavy atom. The number of Topliss-reactive ketones (excluding diaryl/α,β-unsaturated/α-hetero) is 1. The number of rotatable bonds is 3. The van der Waals surface area contributed by atoms with Gasteiger partial charge in [0, 0.05) is 18.0 Å². The maximum Gasteiger partial charge on any atom is 0.235 e. The number of nitrogens with one attached hydrogen (secondary N) is 1. The molecule has 3 heteroatoms. The van der Waals surface area contributed by atoms with Crippen molar-refractivity contribution in [3.05, 3.63) is 66.2 Å². The summed E-state index contributed by atoms with van der Waals surface area (Å²) in [6, 6.07) is 19.0. The monoisotopic (exact) mass is 293 g/mol. The van der Waals surface area contributed by atoms with Gasteiger partial charge in [0.25, 0.3) is 0 Å². The Morgan fingerprint density at radius 1 is 1.05 bits per heavy atom. The first-order valence-electron chi connectivity index (χ1n) is 7.59. The van der Waals surface area contributed by atoms with Gasteiger partial charge in [-0.15, -0.1) is 0 Å². The van der Waals surface area contributed by atoms with Gasteiger partial charge in [0.1, 0.15) is 5.78 Å². The summed E-state index contributed by atoms with van der Waals surface area (Å²) in [7, 11) is 0. The molecule has 3 rings (SSSR count). The summed E-state index contributed by atoms with van der Waals surface area (Å²) in [6.07, 6.45) is 1.02. The number of benzene rings is 2. The molecule has 2 atom stereocenters. The minimum atomic E-state index is -0.770. The summed E-state index contributed by atoms with van der Waals surface area (Å²) < 4.78 is 0. The summed E-state index contributed by atoms with van der Waals surface area (Å²) in [5, 5.41) is 2.98. The van der Waals surface area contributed by atoms with Crippen molar-refractivity contribution < 1.29 is 9.59 Å². The summed E-state index contributed by atoms with van der Waals surface area (Å²) in [4.78, 5) is 25.2. The summed E-state index contributed by atoms with van der Waals surface area (Å²) in [5.41, 5.74) is 0.907. The predicted molar refractivity (Wildman–Crippen MR) is 86.6 cm³/mol. The molecule has 1 N–H and O–H groups in total. The molecule has 0 bridgehead atoms. The molecule has 0 saturated heterocycles. The van der Waals surface area contributed by atoms with E-state index in [9.17, 15) is 9.59 Å². The van der Waals surface area contributed by atoms with Crippen molar-refractivity contribution in [1.82, 2.24) is 0 Å². The Bertz CT molecular complexity index is 681. The number of anilines is 1. The highest BCUT2D eigenvalue weighted by atomic mass is 16.2. The molecule has 112 valence electrons. The number of carbonyl (C=O) groups excluding carboxylic acids is 2. The summed E-state index contributed by atoms with van der Waals surface area (Å²) >= 11 is 0. The van der Waals surface area contributed by atoms with Gasteiger partial charge in [-0.2, -0.15) is 0 Å². The summed E-state index contributed by atoms with van der Waals surface area (Å²) in [6.45, 7) is 1.87. The quantitative estimate of drug-likeness (QED) is 0.940. The number of para-hydroxylation sites is 1. The highest BCUT2D eigenvalue weighted by molar-refractivity contribution is 6.05. The molecule has 0 heterocycles. The van der Waals surface area contributed by atoms with E-state index < -0.39 is 5.41 Å². The zero-order chi connectivity index (χ0) is 15.6. The maximum atomic E-state index is 13.0. The Kier molecular flexibility index (Phi) is 3.80. The lowest BCUT2D eigenvalue weighted by Gasteiger charge is -2.32. The number of ketones is 1. The largest absolute Gasteiger partial charge is 0.325 e. The van der Waals surface area contributed by atoms with Crippen molar-refractivity contribution in [2.75, 3.05) is 5.32 Å². The van der Waals surface area contributed by atoms with E-state index in [4.69, 9.17) is 0 Å². The van der Waals surface area contributed by atoms with Crippen LogP contribution in [0.5, 0.6) is 0 Å². The number of amides is 1. The van der Waals surface area contributed by atoms with Crippen LogP contribution in [0.15, 0.2) is 60.7 Å². The van der Waals surface area contributed by atoms with E-state index in [0.29, 0.717) is 12.8 Å². The van der Waals surface area contributed by atoms with E-state index in [1.54, 1.807) is 0 Å². The van der Waals surface area contributed by atoms with E-state index in [2.05, 4.69) is 5.32 Å². The van der Waals surface area contributed by atoms with Crippen molar-refractivity contribution in [1.29, 1.82) is 0 Å². The molecule has 0 aliphatic heterocycles. The molecular formula is C19H19NO2. The molecule has 3 nitrogen and oxygen atoms in total. The molecule has 1 amide bonds. The third kappa shape index (κ3) is 2.33. The van der Waals surface area contributed by atoms with Gasteiger partial charge in [-0.25, -0.2) is 0 Å². The zero-order valence-corrected chi connectivity index (χ0v) is 12.6. The van der Waals surface area contributed by atoms with Crippen LogP contribution in [0.3, 0.4) is 0 Å². The van der Waals surface area contributed by atoms with Gasteiger partial charge in [-0.3, -0.25) is 9.59 Å². The predicted octanol–water partition coefficient (Wildman–Crippen LogP) is 3.56. The van der Waals surface area contributed by atoms with Crippen LogP contribution in [0.25, 0.3) is 0 Å². The average Bonchev–Trinajstić information content (AvgIpc) is 2.86. The second-order valence-electron chi connectivity index (χ2n) is 5.85. The van der Waals surface area contributed by atoms with Gasteiger partial charge in [0.05, 0.1) is 5.41 Å². The molecular weight excluding hydrogens is 274 g/mol. The fraction of sp³-hybridized carbons (Fsp3) is 0.263. The molecule has 0 aromatic heterocycles. The molecule has 1 fully saturated rings. The third-order valence-electron chi connectivity index (χ3n) is 4.71. The van der Waals surface area contributed by atoms with Crippen molar-refractivity contribution >= 4 is 17.4 Å². The molecule has 2 aromatic rings. The van der Waals surface area contributed by atoms with E-state index in [1.807, 2.05) is 67.6 Å². The third-order valence-corrected chi connectivity index (χ3v) is 4.71. The van der Waals surface area contributed by atoms with Gasteiger partial charge in [0.2, 0.25) is 5.91 Å². The van der Waals surface area contributed by atoms with Crippen LogP contribution in [-0.2, 0) is 15.0 Å². The van der Waals surface area contributed by atoms with E-state index in [1.165, 1.54) is 0 Å². The maximum absolute atomic E-state index is 13.0. The Morgan fingerprint density at radius 2 is 1.64 bits per heavy atom. The fourth-order valence-electron chi connectivity index (χ4n) is 3.36. The van der Waals surface area contributed by atoms with Crippen LogP contribution in [0.4, 0.5) is 5.69 Å². The highest BCUT2D eigenvalue weighted by Crippen LogP contribution is 2.44. The van der Waals surface area contributed by atoms with Crippen LogP contribution in [-0.4, -0.2) is 11.7 Å². The molecule has 1 saturated carbocycles. The molecule has 0 radical (unpaired) electrons. The second kappa shape index (κ2) is 5.76. The second-order valence-corrected chi connectivity index (χ2v) is 5.85. The van der Waals surface area contributed by atoms with Crippen molar-refractivity contribution in [3.63, 3.8) is 0 Å². The number of hydrogen-bond acceptors (Lipinski definition) is 2. The zero-order valence-electron chi connectivity index (χ0n) is 12.6. The normalized spacial score (nSPS) is 24.2. The Labute approximate surface area is 130 Å². The van der Waals surface area contributed by atoms with Crippen LogP contribution in [0.1, 0.15) is 25.3 Å². The van der Waals surface area contributed by atoms with Crippen molar-refractivity contribution in [2.24, 2.45) is 5.92 Å². The van der Waals surface area contributed by atoms with Crippen LogP contribution in [0, 0.1) is 5.92 Å². The minimum Gasteiger partial charge on any atom is -0.325 e. The van der Waals surface area contributed by atoms with Crippen LogP contribution in [0.2, 0.25) is 0 Å². The van der Waals surface area contributed by atoms with Gasteiger partial charge in [0.15, 0.2) is 0 Å².